The fraction of sp³-hybridized carbons (Fsp3) is 0.346. The molecule has 4 rings (SSSR count). The molecule has 1 unspecified atom stereocenters. The van der Waals surface area contributed by atoms with Gasteiger partial charge in [-0.3, -0.25) is 9.59 Å². The van der Waals surface area contributed by atoms with Crippen molar-refractivity contribution >= 4 is 28.9 Å². The van der Waals surface area contributed by atoms with Crippen LogP contribution in [0.3, 0.4) is 0 Å². The van der Waals surface area contributed by atoms with Gasteiger partial charge in [-0.05, 0) is 51.0 Å². The van der Waals surface area contributed by atoms with E-state index in [-0.39, 0.29) is 18.1 Å². The standard InChI is InChI=1S/C26H30N4O3/c1-5-26(25(3,4)33)14-19-22(20(32)15-26)24(29-18-9-7-6-8-10-18)23(30-19)17-11-12-27-21(13-17)28-16(2)31/h6-13,29-30,33H,5,14-15H2,1-4H3,(H,27,28,31). The molecule has 7 nitrogen and oxygen atoms in total. The minimum atomic E-state index is -1.01. The Hall–Kier alpha value is -3.45. The number of aliphatic hydroxyl groups is 1. The molecule has 1 atom stereocenters. The van der Waals surface area contributed by atoms with Gasteiger partial charge in [-0.1, -0.05) is 25.1 Å². The zero-order valence-electron chi connectivity index (χ0n) is 19.5. The van der Waals surface area contributed by atoms with E-state index in [9.17, 15) is 14.7 Å². The molecule has 0 radical (unpaired) electrons. The molecule has 0 saturated heterocycles. The van der Waals surface area contributed by atoms with Crippen LogP contribution in [0, 0.1) is 5.41 Å². The number of nitrogens with zero attached hydrogens (tertiary/aromatic N) is 1. The molecule has 0 spiro atoms. The van der Waals surface area contributed by atoms with Crippen LogP contribution in [-0.4, -0.2) is 32.4 Å². The number of hydrogen-bond donors (Lipinski definition) is 4. The maximum atomic E-state index is 13.5. The molecule has 4 N–H and O–H groups in total. The number of hydrogen-bond acceptors (Lipinski definition) is 5. The summed E-state index contributed by atoms with van der Waals surface area (Å²) < 4.78 is 0. The molecule has 1 aliphatic rings. The second-order valence-electron chi connectivity index (χ2n) is 9.30. The number of para-hydroxylation sites is 1. The highest BCUT2D eigenvalue weighted by atomic mass is 16.3. The van der Waals surface area contributed by atoms with Crippen LogP contribution >= 0.6 is 0 Å². The Bertz CT molecular complexity index is 1190. The van der Waals surface area contributed by atoms with Gasteiger partial charge >= 0.3 is 0 Å². The molecule has 0 fully saturated rings. The van der Waals surface area contributed by atoms with Gasteiger partial charge in [0.2, 0.25) is 5.91 Å². The van der Waals surface area contributed by atoms with Crippen LogP contribution in [0.2, 0.25) is 0 Å². The summed E-state index contributed by atoms with van der Waals surface area (Å²) in [5.41, 5.74) is 2.96. The number of amides is 1. The molecule has 33 heavy (non-hydrogen) atoms. The molecular formula is C26H30N4O3. The first-order valence-corrected chi connectivity index (χ1v) is 11.2. The molecule has 1 aliphatic carbocycles. The summed E-state index contributed by atoms with van der Waals surface area (Å²) in [5.74, 6) is 0.224. The maximum Gasteiger partial charge on any atom is 0.222 e. The third-order valence-corrected chi connectivity index (χ3v) is 6.74. The van der Waals surface area contributed by atoms with E-state index in [1.54, 1.807) is 26.1 Å². The topological polar surface area (TPSA) is 107 Å². The van der Waals surface area contributed by atoms with E-state index in [0.29, 0.717) is 29.9 Å². The minimum Gasteiger partial charge on any atom is -0.390 e. The van der Waals surface area contributed by atoms with Crippen LogP contribution in [-0.2, 0) is 11.2 Å². The second-order valence-corrected chi connectivity index (χ2v) is 9.30. The number of benzene rings is 1. The van der Waals surface area contributed by atoms with E-state index in [2.05, 4.69) is 20.6 Å². The number of carbonyl (C=O) groups excluding carboxylic acids is 2. The summed E-state index contributed by atoms with van der Waals surface area (Å²) in [4.78, 5) is 32.8. The first kappa shape index (κ1) is 22.7. The highest BCUT2D eigenvalue weighted by Gasteiger charge is 2.49. The Kier molecular flexibility index (Phi) is 5.84. The lowest BCUT2D eigenvalue weighted by Crippen LogP contribution is -2.48. The molecule has 1 amide bonds. The molecule has 3 aromatic rings. The molecule has 0 bridgehead atoms. The van der Waals surface area contributed by atoms with Gasteiger partial charge in [0.1, 0.15) is 5.82 Å². The summed E-state index contributed by atoms with van der Waals surface area (Å²) in [6.07, 6.45) is 3.14. The van der Waals surface area contributed by atoms with Crippen LogP contribution in [0.1, 0.15) is 56.6 Å². The molecule has 1 aromatic carbocycles. The van der Waals surface area contributed by atoms with Crippen LogP contribution in [0.5, 0.6) is 0 Å². The van der Waals surface area contributed by atoms with Gasteiger partial charge in [0.05, 0.1) is 22.5 Å². The molecule has 0 saturated carbocycles. The maximum absolute atomic E-state index is 13.5. The summed E-state index contributed by atoms with van der Waals surface area (Å²) in [6, 6.07) is 13.3. The molecule has 2 aromatic heterocycles. The van der Waals surface area contributed by atoms with E-state index in [0.717, 1.165) is 22.6 Å². The summed E-state index contributed by atoms with van der Waals surface area (Å²) in [5, 5.41) is 17.1. The van der Waals surface area contributed by atoms with E-state index >= 15 is 0 Å². The predicted molar refractivity (Wildman–Crippen MR) is 130 cm³/mol. The number of rotatable bonds is 6. The Balaban J connectivity index is 1.87. The average Bonchev–Trinajstić information content (AvgIpc) is 3.11. The first-order chi connectivity index (χ1) is 15.6. The van der Waals surface area contributed by atoms with Crippen molar-refractivity contribution in [2.45, 2.75) is 52.6 Å². The fourth-order valence-electron chi connectivity index (χ4n) is 4.75. The van der Waals surface area contributed by atoms with Crippen molar-refractivity contribution in [3.8, 4) is 11.3 Å². The zero-order chi connectivity index (χ0) is 23.8. The monoisotopic (exact) mass is 446 g/mol. The van der Waals surface area contributed by atoms with Gasteiger partial charge in [0.25, 0.3) is 0 Å². The van der Waals surface area contributed by atoms with Gasteiger partial charge in [-0.2, -0.15) is 0 Å². The number of H-pyrrole nitrogens is 1. The van der Waals surface area contributed by atoms with Gasteiger partial charge < -0.3 is 20.7 Å². The van der Waals surface area contributed by atoms with Crippen molar-refractivity contribution in [3.05, 3.63) is 59.9 Å². The number of Topliss-reactive ketones (excluding diaryl/α,β-unsaturated/α-hetero) is 1. The van der Waals surface area contributed by atoms with Crippen molar-refractivity contribution in [2.75, 3.05) is 10.6 Å². The van der Waals surface area contributed by atoms with Crippen molar-refractivity contribution in [3.63, 3.8) is 0 Å². The third kappa shape index (κ3) is 4.28. The summed E-state index contributed by atoms with van der Waals surface area (Å²) in [7, 11) is 0. The van der Waals surface area contributed by atoms with Crippen molar-refractivity contribution in [1.29, 1.82) is 0 Å². The number of anilines is 3. The van der Waals surface area contributed by atoms with Crippen LogP contribution in [0.4, 0.5) is 17.2 Å². The third-order valence-electron chi connectivity index (χ3n) is 6.74. The highest BCUT2D eigenvalue weighted by molar-refractivity contribution is 6.08. The lowest BCUT2D eigenvalue weighted by Gasteiger charge is -2.45. The van der Waals surface area contributed by atoms with Gasteiger partial charge in [-0.25, -0.2) is 4.98 Å². The first-order valence-electron chi connectivity index (χ1n) is 11.2. The number of ketones is 1. The van der Waals surface area contributed by atoms with E-state index < -0.39 is 11.0 Å². The fourth-order valence-corrected chi connectivity index (χ4v) is 4.75. The van der Waals surface area contributed by atoms with Gasteiger partial charge in [0.15, 0.2) is 5.78 Å². The predicted octanol–water partition coefficient (Wildman–Crippen LogP) is 5.07. The largest absolute Gasteiger partial charge is 0.390 e. The Morgan fingerprint density at radius 2 is 1.94 bits per heavy atom. The molecule has 2 heterocycles. The lowest BCUT2D eigenvalue weighted by atomic mass is 9.62. The number of aromatic amines is 1. The second kappa shape index (κ2) is 8.48. The van der Waals surface area contributed by atoms with Crippen LogP contribution in [0.15, 0.2) is 48.7 Å². The zero-order valence-corrected chi connectivity index (χ0v) is 19.5. The van der Waals surface area contributed by atoms with Gasteiger partial charge in [0, 0.05) is 41.9 Å². The Morgan fingerprint density at radius 3 is 2.58 bits per heavy atom. The minimum absolute atomic E-state index is 0.00250. The van der Waals surface area contributed by atoms with Crippen molar-refractivity contribution < 1.29 is 14.7 Å². The molecule has 172 valence electrons. The molecule has 7 heteroatoms. The Labute approximate surface area is 193 Å². The highest BCUT2D eigenvalue weighted by Crippen LogP contribution is 2.49. The van der Waals surface area contributed by atoms with Gasteiger partial charge in [-0.15, -0.1) is 0 Å². The number of nitrogens with one attached hydrogen (secondary N) is 3. The van der Waals surface area contributed by atoms with Crippen molar-refractivity contribution in [1.82, 2.24) is 9.97 Å². The SMILES string of the molecule is CCC1(C(C)(C)O)CC(=O)c2c([nH]c(-c3ccnc(NC(C)=O)c3)c2Nc2ccccc2)C1. The van der Waals surface area contributed by atoms with Crippen LogP contribution < -0.4 is 10.6 Å². The summed E-state index contributed by atoms with van der Waals surface area (Å²) in [6.45, 7) is 7.02. The normalized spacial score (nSPS) is 18.0. The quantitative estimate of drug-likeness (QED) is 0.423. The average molecular weight is 447 g/mol. The van der Waals surface area contributed by atoms with Crippen molar-refractivity contribution in [2.24, 2.45) is 5.41 Å². The van der Waals surface area contributed by atoms with E-state index in [4.69, 9.17) is 0 Å². The smallest absolute Gasteiger partial charge is 0.222 e. The van der Waals surface area contributed by atoms with Crippen LogP contribution in [0.25, 0.3) is 11.3 Å². The molecular weight excluding hydrogens is 416 g/mol. The number of fused-ring (bicyclic) bond motifs is 1. The Morgan fingerprint density at radius 1 is 1.21 bits per heavy atom. The lowest BCUT2D eigenvalue weighted by molar-refractivity contribution is -0.114. The number of carbonyl (C=O) groups is 2. The van der Waals surface area contributed by atoms with E-state index in [1.165, 1.54) is 6.92 Å². The number of pyridine rings is 1. The number of aromatic nitrogens is 2. The molecule has 0 aliphatic heterocycles. The summed E-state index contributed by atoms with van der Waals surface area (Å²) >= 11 is 0. The van der Waals surface area contributed by atoms with E-state index in [1.807, 2.05) is 43.3 Å².